The molecule has 0 saturated carbocycles. The van der Waals surface area contributed by atoms with Crippen molar-refractivity contribution in [3.63, 3.8) is 0 Å². The van der Waals surface area contributed by atoms with Gasteiger partial charge in [0.25, 0.3) is 5.69 Å². The number of carbonyl (C=O) groups excluding carboxylic acids is 1. The van der Waals surface area contributed by atoms with E-state index in [0.29, 0.717) is 0 Å². The monoisotopic (exact) mass is 327 g/mol. The predicted molar refractivity (Wildman–Crippen MR) is 88.6 cm³/mol. The van der Waals surface area contributed by atoms with Crippen molar-refractivity contribution >= 4 is 17.4 Å². The zero-order chi connectivity index (χ0) is 18.1. The fourth-order valence-electron chi connectivity index (χ4n) is 2.28. The van der Waals surface area contributed by atoms with Crippen LogP contribution in [0.2, 0.25) is 0 Å². The van der Waals surface area contributed by atoms with Crippen LogP contribution in [0.15, 0.2) is 42.5 Å². The number of rotatable bonds is 4. The molecule has 0 amide bonds. The highest BCUT2D eigenvalue weighted by Crippen LogP contribution is 2.26. The Balaban J connectivity index is 2.54. The molecule has 124 valence electrons. The molecule has 6 nitrogen and oxygen atoms in total. The molecule has 2 rings (SSSR count). The second-order valence-corrected chi connectivity index (χ2v) is 6.45. The van der Waals surface area contributed by atoms with E-state index in [1.54, 1.807) is 12.1 Å². The minimum atomic E-state index is -1.19. The number of carbonyl (C=O) groups is 2. The Morgan fingerprint density at radius 2 is 1.58 bits per heavy atom. The third-order valence-corrected chi connectivity index (χ3v) is 3.70. The maximum atomic E-state index is 12.7. The van der Waals surface area contributed by atoms with Gasteiger partial charge in [0, 0.05) is 23.3 Å². The van der Waals surface area contributed by atoms with Crippen LogP contribution in [0.1, 0.15) is 52.6 Å². The van der Waals surface area contributed by atoms with E-state index in [2.05, 4.69) is 0 Å². The first kappa shape index (κ1) is 17.3. The van der Waals surface area contributed by atoms with Crippen molar-refractivity contribution in [2.75, 3.05) is 0 Å². The van der Waals surface area contributed by atoms with E-state index < -0.39 is 16.7 Å². The van der Waals surface area contributed by atoms with Gasteiger partial charge in [0.1, 0.15) is 0 Å². The summed E-state index contributed by atoms with van der Waals surface area (Å²) in [4.78, 5) is 34.3. The minimum absolute atomic E-state index is 0.0729. The van der Waals surface area contributed by atoms with Crippen LogP contribution >= 0.6 is 0 Å². The average Bonchev–Trinajstić information content (AvgIpc) is 2.52. The lowest BCUT2D eigenvalue weighted by molar-refractivity contribution is -0.384. The normalized spacial score (nSPS) is 11.1. The number of aromatic carboxylic acids is 1. The van der Waals surface area contributed by atoms with Crippen molar-refractivity contribution in [1.82, 2.24) is 0 Å². The fraction of sp³-hybridized carbons (Fsp3) is 0.222. The van der Waals surface area contributed by atoms with Gasteiger partial charge in [-0.25, -0.2) is 4.79 Å². The Morgan fingerprint density at radius 1 is 1.00 bits per heavy atom. The van der Waals surface area contributed by atoms with Crippen molar-refractivity contribution in [3.8, 4) is 0 Å². The molecule has 0 spiro atoms. The van der Waals surface area contributed by atoms with Crippen LogP contribution in [0, 0.1) is 10.1 Å². The van der Waals surface area contributed by atoms with Gasteiger partial charge >= 0.3 is 5.97 Å². The average molecular weight is 327 g/mol. The number of nitro groups is 1. The van der Waals surface area contributed by atoms with Crippen LogP contribution in [0.3, 0.4) is 0 Å². The lowest BCUT2D eigenvalue weighted by atomic mass is 9.84. The molecule has 0 atom stereocenters. The number of nitrogens with zero attached hydrogens (tertiary/aromatic N) is 1. The lowest BCUT2D eigenvalue weighted by Gasteiger charge is -2.20. The molecule has 0 radical (unpaired) electrons. The fourth-order valence-corrected chi connectivity index (χ4v) is 2.28. The zero-order valence-electron chi connectivity index (χ0n) is 13.6. The van der Waals surface area contributed by atoms with Gasteiger partial charge in [0.15, 0.2) is 5.78 Å². The number of carboxylic acids is 1. The Bertz CT molecular complexity index is 816. The summed E-state index contributed by atoms with van der Waals surface area (Å²) in [5.74, 6) is -1.67. The first-order valence-electron chi connectivity index (χ1n) is 7.28. The second-order valence-electron chi connectivity index (χ2n) is 6.45. The van der Waals surface area contributed by atoms with E-state index in [0.717, 1.165) is 5.56 Å². The van der Waals surface area contributed by atoms with Gasteiger partial charge in [-0.15, -0.1) is 0 Å². The van der Waals surface area contributed by atoms with Crippen molar-refractivity contribution in [1.29, 1.82) is 0 Å². The Hall–Kier alpha value is -3.02. The Labute approximate surface area is 138 Å². The molecular weight excluding hydrogens is 310 g/mol. The summed E-state index contributed by atoms with van der Waals surface area (Å²) in [7, 11) is 0. The topological polar surface area (TPSA) is 97.5 Å². The SMILES string of the molecule is CC(C)(C)c1ccc(C(=O)O)c(C(=O)c2ccc([N+](=O)[O-])cc2)c1. The van der Waals surface area contributed by atoms with Crippen molar-refractivity contribution in [3.05, 3.63) is 74.8 Å². The molecule has 0 heterocycles. The minimum Gasteiger partial charge on any atom is -0.478 e. The molecule has 1 N–H and O–H groups in total. The first-order chi connectivity index (χ1) is 11.1. The highest BCUT2D eigenvalue weighted by atomic mass is 16.6. The summed E-state index contributed by atoms with van der Waals surface area (Å²) in [6.45, 7) is 5.88. The summed E-state index contributed by atoms with van der Waals surface area (Å²) < 4.78 is 0. The van der Waals surface area contributed by atoms with E-state index in [1.165, 1.54) is 30.3 Å². The largest absolute Gasteiger partial charge is 0.478 e. The number of benzene rings is 2. The number of non-ortho nitro benzene ring substituents is 1. The molecule has 0 aliphatic heterocycles. The van der Waals surface area contributed by atoms with Crippen LogP contribution in [0.25, 0.3) is 0 Å². The second kappa shape index (κ2) is 6.23. The summed E-state index contributed by atoms with van der Waals surface area (Å²) in [5.41, 5.74) is 0.636. The number of ketones is 1. The van der Waals surface area contributed by atoms with Gasteiger partial charge in [0.2, 0.25) is 0 Å². The van der Waals surface area contributed by atoms with Gasteiger partial charge in [-0.1, -0.05) is 26.8 Å². The van der Waals surface area contributed by atoms with E-state index >= 15 is 0 Å². The van der Waals surface area contributed by atoms with Crippen LogP contribution < -0.4 is 0 Å². The van der Waals surface area contributed by atoms with Gasteiger partial charge in [-0.3, -0.25) is 14.9 Å². The first-order valence-corrected chi connectivity index (χ1v) is 7.28. The van der Waals surface area contributed by atoms with Gasteiger partial charge in [0.05, 0.1) is 10.5 Å². The molecule has 6 heteroatoms. The molecule has 2 aromatic rings. The molecule has 0 aromatic heterocycles. The summed E-state index contributed by atoms with van der Waals surface area (Å²) in [6.07, 6.45) is 0. The number of carboxylic acid groups (broad SMARTS) is 1. The van der Waals surface area contributed by atoms with E-state index in [4.69, 9.17) is 0 Å². The van der Waals surface area contributed by atoms with Crippen LogP contribution in [-0.2, 0) is 5.41 Å². The smallest absolute Gasteiger partial charge is 0.336 e. The standard InChI is InChI=1S/C18H17NO5/c1-18(2,3)12-6-9-14(17(21)22)15(10-12)16(20)11-4-7-13(8-5-11)19(23)24/h4-10H,1-3H3,(H,21,22). The number of hydrogen-bond donors (Lipinski definition) is 1. The molecule has 0 unspecified atom stereocenters. The van der Waals surface area contributed by atoms with Gasteiger partial charge < -0.3 is 5.11 Å². The summed E-state index contributed by atoms with van der Waals surface area (Å²) in [5, 5.41) is 20.0. The zero-order valence-corrected chi connectivity index (χ0v) is 13.6. The maximum Gasteiger partial charge on any atom is 0.336 e. The highest BCUT2D eigenvalue weighted by molar-refractivity contribution is 6.14. The Morgan fingerprint density at radius 3 is 2.04 bits per heavy atom. The van der Waals surface area contributed by atoms with Crippen molar-refractivity contribution in [2.24, 2.45) is 0 Å². The third kappa shape index (κ3) is 3.48. The van der Waals surface area contributed by atoms with Crippen LogP contribution in [0.4, 0.5) is 5.69 Å². The van der Waals surface area contributed by atoms with Crippen LogP contribution in [0.5, 0.6) is 0 Å². The van der Waals surface area contributed by atoms with Gasteiger partial charge in [-0.2, -0.15) is 0 Å². The molecular formula is C18H17NO5. The van der Waals surface area contributed by atoms with Crippen LogP contribution in [-0.4, -0.2) is 21.8 Å². The molecule has 0 fully saturated rings. The van der Waals surface area contributed by atoms with E-state index in [-0.39, 0.29) is 27.8 Å². The molecule has 2 aromatic carbocycles. The molecule has 24 heavy (non-hydrogen) atoms. The molecule has 0 aliphatic rings. The highest BCUT2D eigenvalue weighted by Gasteiger charge is 2.22. The lowest BCUT2D eigenvalue weighted by Crippen LogP contribution is -2.16. The summed E-state index contributed by atoms with van der Waals surface area (Å²) in [6, 6.07) is 9.79. The number of nitro benzene ring substituents is 1. The van der Waals surface area contributed by atoms with E-state index in [9.17, 15) is 24.8 Å². The molecule has 0 bridgehead atoms. The Kier molecular flexibility index (Phi) is 4.50. The third-order valence-electron chi connectivity index (χ3n) is 3.70. The predicted octanol–water partition coefficient (Wildman–Crippen LogP) is 3.82. The quantitative estimate of drug-likeness (QED) is 0.523. The van der Waals surface area contributed by atoms with Crippen molar-refractivity contribution in [2.45, 2.75) is 26.2 Å². The van der Waals surface area contributed by atoms with Gasteiger partial charge in [-0.05, 0) is 35.2 Å². The molecule has 0 saturated heterocycles. The van der Waals surface area contributed by atoms with Crippen molar-refractivity contribution < 1.29 is 19.6 Å². The summed E-state index contributed by atoms with van der Waals surface area (Å²) >= 11 is 0. The van der Waals surface area contributed by atoms with E-state index in [1.807, 2.05) is 20.8 Å². The number of hydrogen-bond acceptors (Lipinski definition) is 4. The maximum absolute atomic E-state index is 12.7. The molecule has 0 aliphatic carbocycles.